The molecule has 0 amide bonds. The fourth-order valence-corrected chi connectivity index (χ4v) is 5.00. The Kier molecular flexibility index (Phi) is 7.59. The molecule has 0 radical (unpaired) electrons. The van der Waals surface area contributed by atoms with Crippen LogP contribution < -0.4 is 15.0 Å². The fourth-order valence-electron chi connectivity index (χ4n) is 3.58. The van der Waals surface area contributed by atoms with E-state index in [1.54, 1.807) is 30.5 Å². The number of rotatable bonds is 9. The fraction of sp³-hybridized carbons (Fsp3) is 0.375. The number of hydrogen-bond donors (Lipinski definition) is 1. The van der Waals surface area contributed by atoms with E-state index in [0.29, 0.717) is 56.0 Å². The molecule has 0 aliphatic carbocycles. The van der Waals surface area contributed by atoms with E-state index in [4.69, 9.17) is 4.74 Å². The van der Waals surface area contributed by atoms with Crippen molar-refractivity contribution in [1.82, 2.24) is 19.5 Å². The van der Waals surface area contributed by atoms with Gasteiger partial charge in [0, 0.05) is 32.4 Å². The molecule has 0 saturated carbocycles. The third-order valence-corrected chi connectivity index (χ3v) is 7.52. The number of sulfonamides is 1. The van der Waals surface area contributed by atoms with Gasteiger partial charge in [-0.3, -0.25) is 0 Å². The molecule has 0 spiro atoms. The van der Waals surface area contributed by atoms with Crippen LogP contribution in [0.15, 0.2) is 59.6 Å². The molecule has 10 heteroatoms. The van der Waals surface area contributed by atoms with E-state index in [0.717, 1.165) is 18.4 Å². The lowest BCUT2D eigenvalue weighted by Crippen LogP contribution is -2.48. The van der Waals surface area contributed by atoms with Crippen molar-refractivity contribution < 1.29 is 13.2 Å². The molecular formula is C24H30N6O3S. The van der Waals surface area contributed by atoms with Crippen LogP contribution in [0.25, 0.3) is 0 Å². The zero-order valence-corrected chi connectivity index (χ0v) is 20.3. The standard InChI is InChI=1S/C24H30N6O3S/c1-3-4-17-33-20-6-8-21(9-7-20)34(31,32)30-15-13-29(14-16-30)24-12-11-23(27-28-24)26-22-10-5-19(2)18-25-22/h5-12,18H,3-4,13-17H2,1-2H3,(H,25,26,27). The Morgan fingerprint density at radius 2 is 1.68 bits per heavy atom. The SMILES string of the molecule is CCCCOc1ccc(S(=O)(=O)N2CCN(c3ccc(Nc4ccc(C)cn4)nn3)CC2)cc1. The molecule has 9 nitrogen and oxygen atoms in total. The highest BCUT2D eigenvalue weighted by Crippen LogP contribution is 2.23. The lowest BCUT2D eigenvalue weighted by molar-refractivity contribution is 0.309. The molecule has 1 saturated heterocycles. The van der Waals surface area contributed by atoms with Crippen LogP contribution in [0.5, 0.6) is 5.75 Å². The number of aryl methyl sites for hydroxylation is 1. The maximum absolute atomic E-state index is 13.1. The van der Waals surface area contributed by atoms with Gasteiger partial charge in [-0.05, 0) is 61.4 Å². The Morgan fingerprint density at radius 3 is 2.29 bits per heavy atom. The van der Waals surface area contributed by atoms with Crippen LogP contribution in [0.4, 0.5) is 17.5 Å². The normalized spacial score (nSPS) is 14.7. The van der Waals surface area contributed by atoms with Crippen molar-refractivity contribution in [3.8, 4) is 5.75 Å². The highest BCUT2D eigenvalue weighted by Gasteiger charge is 2.29. The molecule has 0 bridgehead atoms. The number of unbranched alkanes of at least 4 members (excludes halogenated alkanes) is 1. The zero-order chi connectivity index (χ0) is 24.0. The van der Waals surface area contributed by atoms with Gasteiger partial charge in [0.15, 0.2) is 11.6 Å². The highest BCUT2D eigenvalue weighted by molar-refractivity contribution is 7.89. The van der Waals surface area contributed by atoms with Gasteiger partial charge < -0.3 is 15.0 Å². The van der Waals surface area contributed by atoms with Crippen molar-refractivity contribution in [3.63, 3.8) is 0 Å². The summed E-state index contributed by atoms with van der Waals surface area (Å²) in [4.78, 5) is 6.63. The van der Waals surface area contributed by atoms with Gasteiger partial charge in [0.2, 0.25) is 10.0 Å². The first-order valence-corrected chi connectivity index (χ1v) is 12.9. The molecule has 1 fully saturated rings. The molecule has 4 rings (SSSR count). The number of anilines is 3. The quantitative estimate of drug-likeness (QED) is 0.462. The Morgan fingerprint density at radius 1 is 0.941 bits per heavy atom. The highest BCUT2D eigenvalue weighted by atomic mass is 32.2. The van der Waals surface area contributed by atoms with E-state index in [-0.39, 0.29) is 4.90 Å². The summed E-state index contributed by atoms with van der Waals surface area (Å²) in [5.74, 6) is 2.70. The van der Waals surface area contributed by atoms with Gasteiger partial charge in [0.25, 0.3) is 0 Å². The number of nitrogens with one attached hydrogen (secondary N) is 1. The maximum atomic E-state index is 13.1. The van der Waals surface area contributed by atoms with Gasteiger partial charge in [-0.25, -0.2) is 13.4 Å². The summed E-state index contributed by atoms with van der Waals surface area (Å²) in [6.45, 7) is 6.56. The van der Waals surface area contributed by atoms with Crippen LogP contribution in [0, 0.1) is 6.92 Å². The minimum atomic E-state index is -3.56. The van der Waals surface area contributed by atoms with E-state index in [1.165, 1.54) is 4.31 Å². The first-order valence-electron chi connectivity index (χ1n) is 11.5. The third kappa shape index (κ3) is 5.81. The largest absolute Gasteiger partial charge is 0.494 e. The Bertz CT molecular complexity index is 1160. The zero-order valence-electron chi connectivity index (χ0n) is 19.5. The Hall–Kier alpha value is -3.24. The Balaban J connectivity index is 1.32. The van der Waals surface area contributed by atoms with Crippen molar-refractivity contribution in [2.24, 2.45) is 0 Å². The summed E-state index contributed by atoms with van der Waals surface area (Å²) >= 11 is 0. The molecule has 2 aromatic heterocycles. The monoisotopic (exact) mass is 482 g/mol. The van der Waals surface area contributed by atoms with Gasteiger partial charge in [-0.1, -0.05) is 19.4 Å². The summed E-state index contributed by atoms with van der Waals surface area (Å²) in [7, 11) is -3.56. The maximum Gasteiger partial charge on any atom is 0.243 e. The number of nitrogens with zero attached hydrogens (tertiary/aromatic N) is 5. The van der Waals surface area contributed by atoms with Crippen molar-refractivity contribution >= 4 is 27.5 Å². The van der Waals surface area contributed by atoms with Crippen LogP contribution >= 0.6 is 0 Å². The number of pyridine rings is 1. The molecule has 1 aromatic carbocycles. The number of ether oxygens (including phenoxy) is 1. The number of piperazine rings is 1. The van der Waals surface area contributed by atoms with Crippen molar-refractivity contribution in [2.45, 2.75) is 31.6 Å². The summed E-state index contributed by atoms with van der Waals surface area (Å²) in [6.07, 6.45) is 3.81. The lowest BCUT2D eigenvalue weighted by atomic mass is 10.3. The van der Waals surface area contributed by atoms with Crippen LogP contribution in [0.2, 0.25) is 0 Å². The summed E-state index contributed by atoms with van der Waals surface area (Å²) < 4.78 is 33.3. The predicted molar refractivity (Wildman–Crippen MR) is 132 cm³/mol. The molecule has 34 heavy (non-hydrogen) atoms. The molecule has 1 aliphatic heterocycles. The second-order valence-corrected chi connectivity index (χ2v) is 10.1. The molecule has 3 heterocycles. The molecule has 0 unspecified atom stereocenters. The predicted octanol–water partition coefficient (Wildman–Crippen LogP) is 3.61. The van der Waals surface area contributed by atoms with Crippen molar-refractivity contribution in [2.75, 3.05) is 43.0 Å². The molecule has 1 aliphatic rings. The molecule has 0 atom stereocenters. The molecule has 3 aromatic rings. The summed E-state index contributed by atoms with van der Waals surface area (Å²) in [6, 6.07) is 14.2. The number of benzene rings is 1. The molecule has 1 N–H and O–H groups in total. The minimum Gasteiger partial charge on any atom is -0.494 e. The van der Waals surface area contributed by atoms with E-state index in [9.17, 15) is 8.42 Å². The second kappa shape index (κ2) is 10.8. The van der Waals surface area contributed by atoms with Gasteiger partial charge >= 0.3 is 0 Å². The average molecular weight is 483 g/mol. The van der Waals surface area contributed by atoms with Gasteiger partial charge in [-0.2, -0.15) is 4.31 Å². The van der Waals surface area contributed by atoms with Gasteiger partial charge in [0.1, 0.15) is 11.6 Å². The smallest absolute Gasteiger partial charge is 0.243 e. The lowest BCUT2D eigenvalue weighted by Gasteiger charge is -2.34. The summed E-state index contributed by atoms with van der Waals surface area (Å²) in [5, 5.41) is 11.7. The van der Waals surface area contributed by atoms with Crippen molar-refractivity contribution in [1.29, 1.82) is 0 Å². The Labute approximate surface area is 200 Å². The van der Waals surface area contributed by atoms with E-state index < -0.39 is 10.0 Å². The van der Waals surface area contributed by atoms with Crippen LogP contribution in [-0.2, 0) is 10.0 Å². The first kappa shape index (κ1) is 23.9. The summed E-state index contributed by atoms with van der Waals surface area (Å²) in [5.41, 5.74) is 1.08. The topological polar surface area (TPSA) is 101 Å². The average Bonchev–Trinajstić information content (AvgIpc) is 2.86. The first-order chi connectivity index (χ1) is 16.5. The van der Waals surface area contributed by atoms with E-state index >= 15 is 0 Å². The van der Waals surface area contributed by atoms with Crippen LogP contribution in [-0.4, -0.2) is 60.7 Å². The molecular weight excluding hydrogens is 452 g/mol. The van der Waals surface area contributed by atoms with Gasteiger partial charge in [-0.15, -0.1) is 10.2 Å². The second-order valence-electron chi connectivity index (χ2n) is 8.19. The molecule has 180 valence electrons. The third-order valence-electron chi connectivity index (χ3n) is 5.61. The number of aromatic nitrogens is 3. The van der Waals surface area contributed by atoms with E-state index in [1.807, 2.05) is 36.1 Å². The minimum absolute atomic E-state index is 0.281. The van der Waals surface area contributed by atoms with E-state index in [2.05, 4.69) is 27.4 Å². The number of hydrogen-bond acceptors (Lipinski definition) is 8. The van der Waals surface area contributed by atoms with Crippen molar-refractivity contribution in [3.05, 3.63) is 60.3 Å². The van der Waals surface area contributed by atoms with Gasteiger partial charge in [0.05, 0.1) is 11.5 Å². The van der Waals surface area contributed by atoms with Crippen LogP contribution in [0.3, 0.4) is 0 Å². The van der Waals surface area contributed by atoms with Crippen LogP contribution in [0.1, 0.15) is 25.3 Å².